The molecule has 2 rings (SSSR count). The van der Waals surface area contributed by atoms with Crippen LogP contribution in [0.2, 0.25) is 0 Å². The molecular formula is C14H24N4O. The second-order valence-electron chi connectivity index (χ2n) is 5.24. The highest BCUT2D eigenvalue weighted by atomic mass is 16.2. The number of carbonyl (C=O) groups is 1. The summed E-state index contributed by atoms with van der Waals surface area (Å²) in [5, 5.41) is 0. The first kappa shape index (κ1) is 14.1. The van der Waals surface area contributed by atoms with Crippen LogP contribution in [0.1, 0.15) is 24.9 Å². The standard InChI is InChI=1S/C14H24N4O/c1-12(13-4-6-16(2)11-13)17-7-9-18(10-8-17)14(19)3-5-15/h4,6,11-12H,3,5,7-10,15H2,1-2H3. The van der Waals surface area contributed by atoms with Gasteiger partial charge in [0.1, 0.15) is 0 Å². The van der Waals surface area contributed by atoms with Crippen LogP contribution in [0.4, 0.5) is 0 Å². The molecule has 0 spiro atoms. The Hall–Kier alpha value is -1.33. The van der Waals surface area contributed by atoms with Crippen LogP contribution in [0.3, 0.4) is 0 Å². The average Bonchev–Trinajstić information content (AvgIpc) is 2.85. The molecule has 0 radical (unpaired) electrons. The molecule has 2 heterocycles. The largest absolute Gasteiger partial charge is 0.357 e. The van der Waals surface area contributed by atoms with Crippen molar-refractivity contribution >= 4 is 5.91 Å². The van der Waals surface area contributed by atoms with Crippen molar-refractivity contribution in [3.8, 4) is 0 Å². The number of amides is 1. The lowest BCUT2D eigenvalue weighted by Crippen LogP contribution is -2.49. The van der Waals surface area contributed by atoms with E-state index in [4.69, 9.17) is 5.73 Å². The average molecular weight is 264 g/mol. The van der Waals surface area contributed by atoms with E-state index in [2.05, 4.69) is 34.9 Å². The van der Waals surface area contributed by atoms with Crippen LogP contribution in [0.25, 0.3) is 0 Å². The van der Waals surface area contributed by atoms with Gasteiger partial charge in [0.2, 0.25) is 5.91 Å². The number of carbonyl (C=O) groups excluding carboxylic acids is 1. The number of hydrogen-bond acceptors (Lipinski definition) is 3. The smallest absolute Gasteiger partial charge is 0.223 e. The van der Waals surface area contributed by atoms with E-state index in [-0.39, 0.29) is 5.91 Å². The van der Waals surface area contributed by atoms with Gasteiger partial charge in [-0.3, -0.25) is 9.69 Å². The number of aromatic nitrogens is 1. The number of nitrogens with two attached hydrogens (primary N) is 1. The third kappa shape index (κ3) is 3.36. The van der Waals surface area contributed by atoms with E-state index in [1.165, 1.54) is 5.56 Å². The van der Waals surface area contributed by atoms with Crippen molar-refractivity contribution in [2.75, 3.05) is 32.7 Å². The lowest BCUT2D eigenvalue weighted by Gasteiger charge is -2.38. The summed E-state index contributed by atoms with van der Waals surface area (Å²) >= 11 is 0. The minimum Gasteiger partial charge on any atom is -0.357 e. The highest BCUT2D eigenvalue weighted by Crippen LogP contribution is 2.21. The Labute approximate surface area is 115 Å². The highest BCUT2D eigenvalue weighted by Gasteiger charge is 2.24. The number of rotatable bonds is 4. The van der Waals surface area contributed by atoms with Crippen LogP contribution in [-0.2, 0) is 11.8 Å². The van der Waals surface area contributed by atoms with E-state index in [9.17, 15) is 4.79 Å². The normalized spacial score (nSPS) is 18.6. The molecule has 0 saturated carbocycles. The van der Waals surface area contributed by atoms with Gasteiger partial charge in [0.25, 0.3) is 0 Å². The Kier molecular flexibility index (Phi) is 4.61. The van der Waals surface area contributed by atoms with Gasteiger partial charge in [-0.15, -0.1) is 0 Å². The molecular weight excluding hydrogens is 240 g/mol. The van der Waals surface area contributed by atoms with E-state index >= 15 is 0 Å². The van der Waals surface area contributed by atoms with Gasteiger partial charge < -0.3 is 15.2 Å². The summed E-state index contributed by atoms with van der Waals surface area (Å²) < 4.78 is 2.08. The minimum atomic E-state index is 0.189. The predicted octanol–water partition coefficient (Wildman–Crippen LogP) is 0.579. The van der Waals surface area contributed by atoms with Crippen molar-refractivity contribution in [3.05, 3.63) is 24.0 Å². The summed E-state index contributed by atoms with van der Waals surface area (Å²) in [6.07, 6.45) is 4.71. The number of nitrogens with zero attached hydrogens (tertiary/aromatic N) is 3. The Morgan fingerprint density at radius 3 is 2.58 bits per heavy atom. The lowest BCUT2D eigenvalue weighted by atomic mass is 10.1. The van der Waals surface area contributed by atoms with E-state index < -0.39 is 0 Å². The fraction of sp³-hybridized carbons (Fsp3) is 0.643. The molecule has 0 bridgehead atoms. The van der Waals surface area contributed by atoms with Crippen molar-refractivity contribution < 1.29 is 4.79 Å². The van der Waals surface area contributed by atoms with E-state index in [0.717, 1.165) is 26.2 Å². The topological polar surface area (TPSA) is 54.5 Å². The summed E-state index contributed by atoms with van der Waals surface area (Å²) in [6, 6.07) is 2.57. The molecule has 1 atom stereocenters. The fourth-order valence-electron chi connectivity index (χ4n) is 2.62. The molecule has 1 aliphatic rings. The quantitative estimate of drug-likeness (QED) is 0.865. The van der Waals surface area contributed by atoms with Gasteiger partial charge in [-0.05, 0) is 18.6 Å². The molecule has 2 N–H and O–H groups in total. The third-order valence-corrected chi connectivity index (χ3v) is 3.91. The Bertz CT molecular complexity index is 421. The molecule has 1 amide bonds. The number of hydrogen-bond donors (Lipinski definition) is 1. The lowest BCUT2D eigenvalue weighted by molar-refractivity contribution is -0.133. The van der Waals surface area contributed by atoms with E-state index in [0.29, 0.717) is 19.0 Å². The highest BCUT2D eigenvalue weighted by molar-refractivity contribution is 5.76. The van der Waals surface area contributed by atoms with Gasteiger partial charge in [0.05, 0.1) is 0 Å². The molecule has 5 heteroatoms. The second-order valence-corrected chi connectivity index (χ2v) is 5.24. The van der Waals surface area contributed by atoms with Crippen LogP contribution in [0.5, 0.6) is 0 Å². The maximum absolute atomic E-state index is 11.8. The first-order chi connectivity index (χ1) is 9.11. The summed E-state index contributed by atoms with van der Waals surface area (Å²) in [5.41, 5.74) is 6.77. The molecule has 1 aliphatic heterocycles. The van der Waals surface area contributed by atoms with Crippen molar-refractivity contribution in [1.29, 1.82) is 0 Å². The zero-order valence-corrected chi connectivity index (χ0v) is 11.9. The SMILES string of the molecule is CC(c1ccn(C)c1)N1CCN(C(=O)CCN)CC1. The van der Waals surface area contributed by atoms with Crippen molar-refractivity contribution in [1.82, 2.24) is 14.4 Å². The molecule has 1 saturated heterocycles. The zero-order chi connectivity index (χ0) is 13.8. The van der Waals surface area contributed by atoms with E-state index in [1.54, 1.807) is 0 Å². The fourth-order valence-corrected chi connectivity index (χ4v) is 2.62. The molecule has 1 fully saturated rings. The summed E-state index contributed by atoms with van der Waals surface area (Å²) in [5.74, 6) is 0.189. The van der Waals surface area contributed by atoms with Crippen molar-refractivity contribution in [2.45, 2.75) is 19.4 Å². The summed E-state index contributed by atoms with van der Waals surface area (Å²) in [6.45, 7) is 6.18. The van der Waals surface area contributed by atoms with Gasteiger partial charge in [-0.1, -0.05) is 0 Å². The van der Waals surface area contributed by atoms with Gasteiger partial charge >= 0.3 is 0 Å². The van der Waals surface area contributed by atoms with Gasteiger partial charge in [-0.25, -0.2) is 0 Å². The van der Waals surface area contributed by atoms with Gasteiger partial charge in [0, 0.05) is 64.6 Å². The molecule has 106 valence electrons. The maximum atomic E-state index is 11.8. The van der Waals surface area contributed by atoms with E-state index in [1.807, 2.05) is 11.9 Å². The van der Waals surface area contributed by atoms with Crippen LogP contribution in [-0.4, -0.2) is 53.0 Å². The molecule has 19 heavy (non-hydrogen) atoms. The summed E-state index contributed by atoms with van der Waals surface area (Å²) in [4.78, 5) is 16.1. The molecule has 0 aliphatic carbocycles. The van der Waals surface area contributed by atoms with Crippen LogP contribution in [0, 0.1) is 0 Å². The number of aryl methyl sites for hydroxylation is 1. The van der Waals surface area contributed by atoms with Crippen LogP contribution in [0.15, 0.2) is 18.5 Å². The Balaban J connectivity index is 1.87. The monoisotopic (exact) mass is 264 g/mol. The molecule has 0 aromatic carbocycles. The predicted molar refractivity (Wildman–Crippen MR) is 75.7 cm³/mol. The van der Waals surface area contributed by atoms with Crippen molar-refractivity contribution in [2.24, 2.45) is 12.8 Å². The number of piperazine rings is 1. The first-order valence-electron chi connectivity index (χ1n) is 6.95. The minimum absolute atomic E-state index is 0.189. The zero-order valence-electron chi connectivity index (χ0n) is 11.9. The molecule has 1 aromatic heterocycles. The van der Waals surface area contributed by atoms with Crippen LogP contribution < -0.4 is 5.73 Å². The Morgan fingerprint density at radius 2 is 2.05 bits per heavy atom. The Morgan fingerprint density at radius 1 is 1.37 bits per heavy atom. The first-order valence-corrected chi connectivity index (χ1v) is 6.95. The summed E-state index contributed by atoms with van der Waals surface area (Å²) in [7, 11) is 2.04. The van der Waals surface area contributed by atoms with Gasteiger partial charge in [0.15, 0.2) is 0 Å². The van der Waals surface area contributed by atoms with Crippen molar-refractivity contribution in [3.63, 3.8) is 0 Å². The maximum Gasteiger partial charge on any atom is 0.223 e. The molecule has 1 aromatic rings. The van der Waals surface area contributed by atoms with Crippen LogP contribution >= 0.6 is 0 Å². The molecule has 1 unspecified atom stereocenters. The third-order valence-electron chi connectivity index (χ3n) is 3.91. The van der Waals surface area contributed by atoms with Gasteiger partial charge in [-0.2, -0.15) is 0 Å². The second kappa shape index (κ2) is 6.21. The molecule has 5 nitrogen and oxygen atoms in total.